The van der Waals surface area contributed by atoms with Gasteiger partial charge in [-0.05, 0) is 30.5 Å². The highest BCUT2D eigenvalue weighted by Crippen LogP contribution is 2.16. The SMILES string of the molecule is C=CCC(O)Cc1ccc2c(cnn2C)c1. The van der Waals surface area contributed by atoms with E-state index in [2.05, 4.69) is 17.7 Å². The standard InChI is InChI=1S/C13H16N2O/c1-3-4-12(16)8-10-5-6-13-11(7-10)9-14-15(13)2/h3,5-7,9,12,16H,1,4,8H2,2H3. The maximum Gasteiger partial charge on any atom is 0.0679 e. The lowest BCUT2D eigenvalue weighted by atomic mass is 10.0. The fourth-order valence-electron chi connectivity index (χ4n) is 1.89. The second kappa shape index (κ2) is 4.49. The van der Waals surface area contributed by atoms with Crippen molar-refractivity contribution in [3.05, 3.63) is 42.6 Å². The minimum absolute atomic E-state index is 0.341. The van der Waals surface area contributed by atoms with Crippen LogP contribution in [-0.2, 0) is 13.5 Å². The van der Waals surface area contributed by atoms with Gasteiger partial charge in [-0.3, -0.25) is 4.68 Å². The molecule has 1 aromatic heterocycles. The lowest BCUT2D eigenvalue weighted by Gasteiger charge is -2.07. The van der Waals surface area contributed by atoms with E-state index < -0.39 is 0 Å². The summed E-state index contributed by atoms with van der Waals surface area (Å²) in [6.45, 7) is 3.62. The van der Waals surface area contributed by atoms with E-state index in [0.29, 0.717) is 12.8 Å². The zero-order chi connectivity index (χ0) is 11.5. The van der Waals surface area contributed by atoms with Gasteiger partial charge in [0.15, 0.2) is 0 Å². The molecule has 1 unspecified atom stereocenters. The molecule has 0 aliphatic heterocycles. The number of fused-ring (bicyclic) bond motifs is 1. The van der Waals surface area contributed by atoms with Crippen LogP contribution in [0.15, 0.2) is 37.1 Å². The minimum atomic E-state index is -0.341. The fraction of sp³-hybridized carbons (Fsp3) is 0.308. The second-order valence-electron chi connectivity index (χ2n) is 4.04. The molecule has 1 heterocycles. The van der Waals surface area contributed by atoms with Gasteiger partial charge in [0.25, 0.3) is 0 Å². The van der Waals surface area contributed by atoms with Crippen LogP contribution in [0, 0.1) is 0 Å². The van der Waals surface area contributed by atoms with Crippen molar-refractivity contribution in [2.45, 2.75) is 18.9 Å². The maximum atomic E-state index is 9.69. The van der Waals surface area contributed by atoms with Crippen LogP contribution >= 0.6 is 0 Å². The third kappa shape index (κ3) is 2.14. The quantitative estimate of drug-likeness (QED) is 0.794. The van der Waals surface area contributed by atoms with Crippen LogP contribution in [0.25, 0.3) is 10.9 Å². The highest BCUT2D eigenvalue weighted by atomic mass is 16.3. The van der Waals surface area contributed by atoms with Gasteiger partial charge in [-0.2, -0.15) is 5.10 Å². The van der Waals surface area contributed by atoms with Crippen LogP contribution < -0.4 is 0 Å². The van der Waals surface area contributed by atoms with Gasteiger partial charge in [-0.25, -0.2) is 0 Å². The molecule has 0 radical (unpaired) electrons. The van der Waals surface area contributed by atoms with Crippen LogP contribution in [-0.4, -0.2) is 21.0 Å². The smallest absolute Gasteiger partial charge is 0.0679 e. The van der Waals surface area contributed by atoms with Crippen LogP contribution in [0.2, 0.25) is 0 Å². The zero-order valence-electron chi connectivity index (χ0n) is 9.43. The maximum absolute atomic E-state index is 9.69. The number of nitrogens with zero attached hydrogens (tertiary/aromatic N) is 2. The molecule has 0 spiro atoms. The Bertz CT molecular complexity index is 502. The van der Waals surface area contributed by atoms with Crippen LogP contribution in [0.1, 0.15) is 12.0 Å². The number of aromatic nitrogens is 2. The first kappa shape index (κ1) is 10.9. The Kier molecular flexibility index (Phi) is 3.06. The molecule has 0 amide bonds. The van der Waals surface area contributed by atoms with Crippen molar-refractivity contribution in [2.75, 3.05) is 0 Å². The molecule has 2 rings (SSSR count). The largest absolute Gasteiger partial charge is 0.392 e. The molecule has 84 valence electrons. The van der Waals surface area contributed by atoms with E-state index in [1.54, 1.807) is 6.08 Å². The van der Waals surface area contributed by atoms with Crippen molar-refractivity contribution < 1.29 is 5.11 Å². The molecule has 2 aromatic rings. The summed E-state index contributed by atoms with van der Waals surface area (Å²) in [4.78, 5) is 0. The van der Waals surface area contributed by atoms with Crippen molar-refractivity contribution in [3.63, 3.8) is 0 Å². The average Bonchev–Trinajstić information content (AvgIpc) is 2.60. The molecule has 0 aliphatic carbocycles. The Hall–Kier alpha value is -1.61. The number of rotatable bonds is 4. The Morgan fingerprint density at radius 2 is 2.38 bits per heavy atom. The van der Waals surface area contributed by atoms with Crippen molar-refractivity contribution in [1.29, 1.82) is 0 Å². The topological polar surface area (TPSA) is 38.1 Å². The van der Waals surface area contributed by atoms with Gasteiger partial charge >= 0.3 is 0 Å². The van der Waals surface area contributed by atoms with E-state index in [-0.39, 0.29) is 6.10 Å². The first-order valence-corrected chi connectivity index (χ1v) is 5.40. The molecule has 1 N–H and O–H groups in total. The summed E-state index contributed by atoms with van der Waals surface area (Å²) in [6.07, 6.45) is 4.54. The van der Waals surface area contributed by atoms with Gasteiger partial charge in [0, 0.05) is 12.4 Å². The molecule has 0 saturated carbocycles. The van der Waals surface area contributed by atoms with Gasteiger partial charge in [0.1, 0.15) is 0 Å². The summed E-state index contributed by atoms with van der Waals surface area (Å²) in [6, 6.07) is 6.16. The van der Waals surface area contributed by atoms with Gasteiger partial charge in [0.05, 0.1) is 17.8 Å². The van der Waals surface area contributed by atoms with E-state index in [1.165, 1.54) is 0 Å². The molecule has 0 saturated heterocycles. The molecular weight excluding hydrogens is 200 g/mol. The molecule has 0 aliphatic rings. The highest BCUT2D eigenvalue weighted by molar-refractivity contribution is 5.79. The molecule has 3 nitrogen and oxygen atoms in total. The monoisotopic (exact) mass is 216 g/mol. The summed E-state index contributed by atoms with van der Waals surface area (Å²) in [5, 5.41) is 15.0. The second-order valence-corrected chi connectivity index (χ2v) is 4.04. The third-order valence-corrected chi connectivity index (χ3v) is 2.72. The predicted octanol–water partition coefficient (Wildman–Crippen LogP) is 2.05. The summed E-state index contributed by atoms with van der Waals surface area (Å²) >= 11 is 0. The molecule has 1 atom stereocenters. The van der Waals surface area contributed by atoms with Crippen LogP contribution in [0.5, 0.6) is 0 Å². The Morgan fingerprint density at radius 1 is 1.56 bits per heavy atom. The number of hydrogen-bond acceptors (Lipinski definition) is 2. The molecule has 16 heavy (non-hydrogen) atoms. The lowest BCUT2D eigenvalue weighted by Crippen LogP contribution is -2.08. The Labute approximate surface area is 95.0 Å². The Morgan fingerprint density at radius 3 is 3.12 bits per heavy atom. The number of aliphatic hydroxyl groups is 1. The molecule has 3 heteroatoms. The van der Waals surface area contributed by atoms with E-state index >= 15 is 0 Å². The predicted molar refractivity (Wildman–Crippen MR) is 65.2 cm³/mol. The molecule has 1 aromatic carbocycles. The van der Waals surface area contributed by atoms with Gasteiger partial charge in [-0.1, -0.05) is 12.1 Å². The zero-order valence-corrected chi connectivity index (χ0v) is 9.43. The van der Waals surface area contributed by atoms with Gasteiger partial charge in [-0.15, -0.1) is 6.58 Å². The fourth-order valence-corrected chi connectivity index (χ4v) is 1.89. The summed E-state index contributed by atoms with van der Waals surface area (Å²) in [5.41, 5.74) is 2.25. The normalized spacial score (nSPS) is 12.9. The molecule has 0 bridgehead atoms. The van der Waals surface area contributed by atoms with Crippen LogP contribution in [0.3, 0.4) is 0 Å². The summed E-state index contributed by atoms with van der Waals surface area (Å²) in [5.74, 6) is 0. The number of aryl methyl sites for hydroxylation is 1. The first-order valence-electron chi connectivity index (χ1n) is 5.40. The van der Waals surface area contributed by atoms with E-state index in [1.807, 2.05) is 30.1 Å². The molecule has 0 fully saturated rings. The van der Waals surface area contributed by atoms with E-state index in [4.69, 9.17) is 0 Å². The summed E-state index contributed by atoms with van der Waals surface area (Å²) < 4.78 is 1.85. The van der Waals surface area contributed by atoms with Crippen molar-refractivity contribution >= 4 is 10.9 Å². The first-order chi connectivity index (χ1) is 7.70. The number of benzene rings is 1. The average molecular weight is 216 g/mol. The van der Waals surface area contributed by atoms with Crippen molar-refractivity contribution in [1.82, 2.24) is 9.78 Å². The summed E-state index contributed by atoms with van der Waals surface area (Å²) in [7, 11) is 1.93. The number of aliphatic hydroxyl groups excluding tert-OH is 1. The lowest BCUT2D eigenvalue weighted by molar-refractivity contribution is 0.178. The van der Waals surface area contributed by atoms with E-state index in [9.17, 15) is 5.11 Å². The van der Waals surface area contributed by atoms with Crippen LogP contribution in [0.4, 0.5) is 0 Å². The van der Waals surface area contributed by atoms with E-state index in [0.717, 1.165) is 16.5 Å². The van der Waals surface area contributed by atoms with Gasteiger partial charge in [0.2, 0.25) is 0 Å². The highest BCUT2D eigenvalue weighted by Gasteiger charge is 2.05. The minimum Gasteiger partial charge on any atom is -0.392 e. The third-order valence-electron chi connectivity index (χ3n) is 2.72. The van der Waals surface area contributed by atoms with Crippen molar-refractivity contribution in [3.8, 4) is 0 Å². The molecular formula is C13H16N2O. The van der Waals surface area contributed by atoms with Crippen molar-refractivity contribution in [2.24, 2.45) is 7.05 Å². The van der Waals surface area contributed by atoms with Gasteiger partial charge < -0.3 is 5.11 Å². The Balaban J connectivity index is 2.22. The number of hydrogen-bond donors (Lipinski definition) is 1.